The van der Waals surface area contributed by atoms with E-state index in [1.165, 1.54) is 11.1 Å². The van der Waals surface area contributed by atoms with Gasteiger partial charge >= 0.3 is 0 Å². The van der Waals surface area contributed by atoms with Gasteiger partial charge in [0.1, 0.15) is 0 Å². The standard InChI is InChI=1S/C17H21ClN2O/c1-14-5-3-8-19-17(14)13-20(9-4-10-21)12-15-6-2-7-16(18)11-15/h2-3,5-8,11,21H,4,9-10,12-13H2,1H3. The van der Waals surface area contributed by atoms with Crippen molar-refractivity contribution in [3.63, 3.8) is 0 Å². The Hall–Kier alpha value is -1.42. The van der Waals surface area contributed by atoms with Crippen molar-refractivity contribution in [3.05, 3.63) is 64.4 Å². The fourth-order valence-electron chi connectivity index (χ4n) is 2.30. The van der Waals surface area contributed by atoms with Gasteiger partial charge in [-0.2, -0.15) is 0 Å². The van der Waals surface area contributed by atoms with Crippen LogP contribution in [0.25, 0.3) is 0 Å². The van der Waals surface area contributed by atoms with Gasteiger partial charge in [-0.05, 0) is 42.7 Å². The summed E-state index contributed by atoms with van der Waals surface area (Å²) in [5, 5.41) is 9.84. The highest BCUT2D eigenvalue weighted by atomic mass is 35.5. The number of pyridine rings is 1. The van der Waals surface area contributed by atoms with E-state index in [0.717, 1.165) is 36.8 Å². The van der Waals surface area contributed by atoms with Crippen LogP contribution in [0.2, 0.25) is 5.02 Å². The summed E-state index contributed by atoms with van der Waals surface area (Å²) >= 11 is 6.05. The van der Waals surface area contributed by atoms with Gasteiger partial charge in [-0.3, -0.25) is 9.88 Å². The first-order valence-corrected chi connectivity index (χ1v) is 7.55. The van der Waals surface area contributed by atoms with E-state index in [0.29, 0.717) is 0 Å². The molecule has 2 aromatic rings. The minimum absolute atomic E-state index is 0.202. The van der Waals surface area contributed by atoms with E-state index in [1.807, 2.05) is 30.5 Å². The van der Waals surface area contributed by atoms with E-state index in [2.05, 4.69) is 28.9 Å². The lowest BCUT2D eigenvalue weighted by atomic mass is 10.1. The van der Waals surface area contributed by atoms with Gasteiger partial charge in [0.15, 0.2) is 0 Å². The summed E-state index contributed by atoms with van der Waals surface area (Å²) in [6.07, 6.45) is 2.58. The number of hydrogen-bond acceptors (Lipinski definition) is 3. The first-order chi connectivity index (χ1) is 10.2. The second kappa shape index (κ2) is 8.13. The number of hydrogen-bond donors (Lipinski definition) is 1. The Balaban J connectivity index is 2.09. The predicted molar refractivity (Wildman–Crippen MR) is 86.2 cm³/mol. The second-order valence-corrected chi connectivity index (χ2v) is 5.62. The monoisotopic (exact) mass is 304 g/mol. The van der Waals surface area contributed by atoms with E-state index in [9.17, 15) is 0 Å². The van der Waals surface area contributed by atoms with E-state index >= 15 is 0 Å². The lowest BCUT2D eigenvalue weighted by molar-refractivity contribution is 0.210. The van der Waals surface area contributed by atoms with Crippen LogP contribution in [0.3, 0.4) is 0 Å². The van der Waals surface area contributed by atoms with Crippen molar-refractivity contribution in [1.82, 2.24) is 9.88 Å². The number of aliphatic hydroxyl groups excluding tert-OH is 1. The topological polar surface area (TPSA) is 36.4 Å². The van der Waals surface area contributed by atoms with Gasteiger partial charge in [-0.1, -0.05) is 29.8 Å². The molecule has 0 amide bonds. The smallest absolute Gasteiger partial charge is 0.0573 e. The molecule has 0 bridgehead atoms. The molecule has 0 unspecified atom stereocenters. The van der Waals surface area contributed by atoms with Gasteiger partial charge in [-0.15, -0.1) is 0 Å². The van der Waals surface area contributed by atoms with Gasteiger partial charge < -0.3 is 5.11 Å². The van der Waals surface area contributed by atoms with Crippen LogP contribution >= 0.6 is 11.6 Å². The van der Waals surface area contributed by atoms with Crippen LogP contribution in [0.5, 0.6) is 0 Å². The maximum atomic E-state index is 9.08. The third-order valence-electron chi connectivity index (χ3n) is 3.42. The van der Waals surface area contributed by atoms with E-state index < -0.39 is 0 Å². The van der Waals surface area contributed by atoms with E-state index in [-0.39, 0.29) is 6.61 Å². The first kappa shape index (κ1) is 16.0. The lowest BCUT2D eigenvalue weighted by Crippen LogP contribution is -2.25. The summed E-state index contributed by atoms with van der Waals surface area (Å²) in [5.74, 6) is 0. The molecule has 1 aromatic heterocycles. The molecule has 112 valence electrons. The molecule has 0 aliphatic heterocycles. The van der Waals surface area contributed by atoms with Crippen molar-refractivity contribution in [1.29, 1.82) is 0 Å². The van der Waals surface area contributed by atoms with Crippen molar-refractivity contribution in [2.24, 2.45) is 0 Å². The summed E-state index contributed by atoms with van der Waals surface area (Å²) in [6, 6.07) is 11.9. The molecule has 1 aromatic carbocycles. The summed E-state index contributed by atoms with van der Waals surface area (Å²) in [4.78, 5) is 6.74. The summed E-state index contributed by atoms with van der Waals surface area (Å²) < 4.78 is 0. The molecule has 1 N–H and O–H groups in total. The average molecular weight is 305 g/mol. The van der Waals surface area contributed by atoms with Crippen molar-refractivity contribution in [2.75, 3.05) is 13.2 Å². The predicted octanol–water partition coefficient (Wildman–Crippen LogP) is 3.43. The number of rotatable bonds is 7. The minimum Gasteiger partial charge on any atom is -0.396 e. The lowest BCUT2D eigenvalue weighted by Gasteiger charge is -2.22. The largest absolute Gasteiger partial charge is 0.396 e. The highest BCUT2D eigenvalue weighted by Gasteiger charge is 2.09. The summed E-state index contributed by atoms with van der Waals surface area (Å²) in [7, 11) is 0. The molecule has 0 aliphatic carbocycles. The van der Waals surface area contributed by atoms with Crippen LogP contribution in [0.1, 0.15) is 23.2 Å². The molecule has 0 atom stereocenters. The number of aliphatic hydroxyl groups is 1. The zero-order valence-electron chi connectivity index (χ0n) is 12.3. The second-order valence-electron chi connectivity index (χ2n) is 5.18. The fraction of sp³-hybridized carbons (Fsp3) is 0.353. The Labute approximate surface area is 131 Å². The molecule has 0 spiro atoms. The molecule has 1 heterocycles. The molecule has 3 nitrogen and oxygen atoms in total. The molecule has 0 saturated heterocycles. The Kier molecular flexibility index (Phi) is 6.18. The van der Waals surface area contributed by atoms with E-state index in [1.54, 1.807) is 0 Å². The average Bonchev–Trinajstić information content (AvgIpc) is 2.47. The van der Waals surface area contributed by atoms with Crippen LogP contribution < -0.4 is 0 Å². The summed E-state index contributed by atoms with van der Waals surface area (Å²) in [6.45, 7) is 4.69. The molecule has 4 heteroatoms. The van der Waals surface area contributed by atoms with Crippen molar-refractivity contribution >= 4 is 11.6 Å². The Morgan fingerprint density at radius 3 is 2.76 bits per heavy atom. The molecule has 0 fully saturated rings. The fourth-order valence-corrected chi connectivity index (χ4v) is 2.51. The maximum Gasteiger partial charge on any atom is 0.0573 e. The quantitative estimate of drug-likeness (QED) is 0.851. The van der Waals surface area contributed by atoms with Gasteiger partial charge in [0.05, 0.1) is 5.69 Å². The van der Waals surface area contributed by atoms with Crippen LogP contribution in [0.4, 0.5) is 0 Å². The van der Waals surface area contributed by atoms with Gasteiger partial charge in [0.2, 0.25) is 0 Å². The maximum absolute atomic E-state index is 9.08. The van der Waals surface area contributed by atoms with Crippen LogP contribution in [-0.4, -0.2) is 28.1 Å². The Morgan fingerprint density at radius 2 is 2.05 bits per heavy atom. The third kappa shape index (κ3) is 5.12. The summed E-state index contributed by atoms with van der Waals surface area (Å²) in [5.41, 5.74) is 3.45. The number of nitrogens with zero attached hydrogens (tertiary/aromatic N) is 2. The molecule has 21 heavy (non-hydrogen) atoms. The molecular formula is C17H21ClN2O. The van der Waals surface area contributed by atoms with Crippen molar-refractivity contribution in [3.8, 4) is 0 Å². The molecule has 0 radical (unpaired) electrons. The van der Waals surface area contributed by atoms with Crippen molar-refractivity contribution < 1.29 is 5.11 Å². The molecule has 0 aliphatic rings. The van der Waals surface area contributed by atoms with Crippen LogP contribution in [0.15, 0.2) is 42.6 Å². The van der Waals surface area contributed by atoms with Gasteiger partial charge in [0.25, 0.3) is 0 Å². The van der Waals surface area contributed by atoms with Gasteiger partial charge in [-0.25, -0.2) is 0 Å². The van der Waals surface area contributed by atoms with Crippen LogP contribution in [-0.2, 0) is 13.1 Å². The third-order valence-corrected chi connectivity index (χ3v) is 3.65. The molecule has 0 saturated carbocycles. The zero-order chi connectivity index (χ0) is 15.1. The van der Waals surface area contributed by atoms with Gasteiger partial charge in [0, 0.05) is 37.5 Å². The highest BCUT2D eigenvalue weighted by Crippen LogP contribution is 2.15. The minimum atomic E-state index is 0.202. The first-order valence-electron chi connectivity index (χ1n) is 7.17. The number of aromatic nitrogens is 1. The Morgan fingerprint density at radius 1 is 1.19 bits per heavy atom. The molecule has 2 rings (SSSR count). The normalized spacial score (nSPS) is 11.0. The highest BCUT2D eigenvalue weighted by molar-refractivity contribution is 6.30. The zero-order valence-corrected chi connectivity index (χ0v) is 13.1. The number of halogens is 1. The SMILES string of the molecule is Cc1cccnc1CN(CCCO)Cc1cccc(Cl)c1. The molecular weight excluding hydrogens is 284 g/mol. The van der Waals surface area contributed by atoms with Crippen molar-refractivity contribution in [2.45, 2.75) is 26.4 Å². The Bertz CT molecular complexity index is 574. The number of benzene rings is 1. The number of aryl methyl sites for hydroxylation is 1. The van der Waals surface area contributed by atoms with E-state index in [4.69, 9.17) is 16.7 Å². The van der Waals surface area contributed by atoms with Crippen LogP contribution in [0, 0.1) is 6.92 Å².